The van der Waals surface area contributed by atoms with Gasteiger partial charge in [-0.25, -0.2) is 0 Å². The maximum atomic E-state index is 6.02. The van der Waals surface area contributed by atoms with E-state index in [2.05, 4.69) is 0 Å². The molecule has 0 spiro atoms. The molecule has 0 saturated heterocycles. The summed E-state index contributed by atoms with van der Waals surface area (Å²) in [6, 6.07) is 0. The van der Waals surface area contributed by atoms with Gasteiger partial charge in [-0.3, -0.25) is 0 Å². The van der Waals surface area contributed by atoms with Crippen LogP contribution in [0.4, 0.5) is 0 Å². The van der Waals surface area contributed by atoms with Crippen molar-refractivity contribution in [3.8, 4) is 0 Å². The summed E-state index contributed by atoms with van der Waals surface area (Å²) >= 11 is 0. The molecule has 9 heavy (non-hydrogen) atoms. The van der Waals surface area contributed by atoms with Crippen LogP contribution in [0.5, 0.6) is 0 Å². The first-order valence-electron chi connectivity index (χ1n) is 3.75. The molecule has 0 aromatic carbocycles. The maximum Gasteiger partial charge on any atom is 0.0740 e. The van der Waals surface area contributed by atoms with E-state index in [0.29, 0.717) is 5.82 Å². The van der Waals surface area contributed by atoms with Crippen molar-refractivity contribution in [2.45, 2.75) is 36.8 Å². The summed E-state index contributed by atoms with van der Waals surface area (Å²) in [5, 5.41) is 0.0463. The highest BCUT2D eigenvalue weighted by Gasteiger charge is 2.44. The second-order valence-corrected chi connectivity index (χ2v) is 3.68. The van der Waals surface area contributed by atoms with E-state index in [0.717, 1.165) is 5.92 Å². The van der Waals surface area contributed by atoms with Crippen molar-refractivity contribution in [3.63, 3.8) is 0 Å². The van der Waals surface area contributed by atoms with Gasteiger partial charge in [-0.15, -0.1) is 0 Å². The van der Waals surface area contributed by atoms with E-state index < -0.39 is 0 Å². The highest BCUT2D eigenvalue weighted by atomic mass is 14.5. The smallest absolute Gasteiger partial charge is 0.0740 e. The molecule has 2 heteroatoms. The summed E-state index contributed by atoms with van der Waals surface area (Å²) in [5.41, 5.74) is 0. The third-order valence-electron chi connectivity index (χ3n) is 3.01. The van der Waals surface area contributed by atoms with Gasteiger partial charge >= 0.3 is 0 Å². The first-order valence-corrected chi connectivity index (χ1v) is 3.75. The minimum absolute atomic E-state index is 0.0463. The average Bonchev–Trinajstić information content (AvgIpc) is 2.22. The van der Waals surface area contributed by atoms with E-state index in [-0.39, 0.29) is 5.31 Å². The summed E-state index contributed by atoms with van der Waals surface area (Å²) in [7, 11) is 11.8. The van der Waals surface area contributed by atoms with Gasteiger partial charge in [0.2, 0.25) is 0 Å². The first-order chi connectivity index (χ1) is 4.21. The molecule has 2 bridgehead atoms. The van der Waals surface area contributed by atoms with Crippen LogP contribution in [0.1, 0.15) is 25.7 Å². The molecule has 4 radical (unpaired) electrons. The highest BCUT2D eigenvalue weighted by Crippen LogP contribution is 2.62. The van der Waals surface area contributed by atoms with Crippen molar-refractivity contribution in [1.29, 1.82) is 0 Å². The van der Waals surface area contributed by atoms with E-state index in [9.17, 15) is 0 Å². The van der Waals surface area contributed by atoms with Crippen molar-refractivity contribution in [2.75, 3.05) is 0 Å². The minimum Gasteiger partial charge on any atom is -0.0793 e. The van der Waals surface area contributed by atoms with Crippen molar-refractivity contribution in [1.82, 2.24) is 0 Å². The molecule has 0 N–H and O–H groups in total. The first kappa shape index (κ1) is 5.88. The fourth-order valence-corrected chi connectivity index (χ4v) is 2.35. The molecular formula is C7H10B2. The van der Waals surface area contributed by atoms with E-state index in [1.165, 1.54) is 25.7 Å². The molecule has 0 aromatic rings. The summed E-state index contributed by atoms with van der Waals surface area (Å²) in [6.07, 6.45) is 4.85. The Morgan fingerprint density at radius 3 is 2.44 bits per heavy atom. The Morgan fingerprint density at radius 1 is 1.44 bits per heavy atom. The Morgan fingerprint density at radius 2 is 2.22 bits per heavy atom. The van der Waals surface area contributed by atoms with Gasteiger partial charge in [0.15, 0.2) is 0 Å². The highest BCUT2D eigenvalue weighted by molar-refractivity contribution is 6.24. The molecule has 0 heterocycles. The maximum absolute atomic E-state index is 6.02. The zero-order chi connectivity index (χ0) is 6.48. The zero-order valence-electron chi connectivity index (χ0n) is 5.64. The van der Waals surface area contributed by atoms with E-state index in [1.807, 2.05) is 0 Å². The second kappa shape index (κ2) is 1.59. The molecule has 2 saturated carbocycles. The van der Waals surface area contributed by atoms with Gasteiger partial charge in [0.05, 0.1) is 15.7 Å². The molecule has 3 atom stereocenters. The van der Waals surface area contributed by atoms with Crippen LogP contribution >= 0.6 is 0 Å². The number of rotatable bonds is 0. The van der Waals surface area contributed by atoms with Gasteiger partial charge < -0.3 is 0 Å². The van der Waals surface area contributed by atoms with Crippen LogP contribution in [0.2, 0.25) is 11.1 Å². The molecule has 44 valence electrons. The Hall–Kier alpha value is 0.130. The average molecular weight is 116 g/mol. The topological polar surface area (TPSA) is 0 Å². The third-order valence-corrected chi connectivity index (χ3v) is 3.01. The second-order valence-electron chi connectivity index (χ2n) is 3.68. The number of hydrogen-bond acceptors (Lipinski definition) is 0. The molecule has 0 aliphatic heterocycles. The van der Waals surface area contributed by atoms with Crippen LogP contribution in [0, 0.1) is 5.92 Å². The molecule has 2 fully saturated rings. The van der Waals surface area contributed by atoms with Gasteiger partial charge in [0.25, 0.3) is 0 Å². The predicted octanol–water partition coefficient (Wildman–Crippen LogP) is 1.47. The summed E-state index contributed by atoms with van der Waals surface area (Å²) in [6.45, 7) is 0. The predicted molar refractivity (Wildman–Crippen MR) is 39.9 cm³/mol. The summed E-state index contributed by atoms with van der Waals surface area (Å²) < 4.78 is 0. The monoisotopic (exact) mass is 116 g/mol. The van der Waals surface area contributed by atoms with Gasteiger partial charge in [0, 0.05) is 0 Å². The van der Waals surface area contributed by atoms with Crippen LogP contribution in [-0.2, 0) is 0 Å². The van der Waals surface area contributed by atoms with Gasteiger partial charge in [-0.1, -0.05) is 36.8 Å². The van der Waals surface area contributed by atoms with Crippen molar-refractivity contribution < 1.29 is 0 Å². The standard InChI is InChI=1S/C7H10B2/c8-6-3-5-1-2-7(6,9)4-5/h5-6H,1-4H2. The van der Waals surface area contributed by atoms with Gasteiger partial charge in [-0.05, 0) is 5.92 Å². The Kier molecular flexibility index (Phi) is 1.04. The summed E-state index contributed by atoms with van der Waals surface area (Å²) in [4.78, 5) is 0. The van der Waals surface area contributed by atoms with Gasteiger partial charge in [0.1, 0.15) is 0 Å². The molecule has 3 unspecified atom stereocenters. The van der Waals surface area contributed by atoms with E-state index >= 15 is 0 Å². The molecule has 2 aliphatic carbocycles. The summed E-state index contributed by atoms with van der Waals surface area (Å²) in [5.74, 6) is 1.17. The van der Waals surface area contributed by atoms with Gasteiger partial charge in [-0.2, -0.15) is 0 Å². The molecule has 0 amide bonds. The number of hydrogen-bond donors (Lipinski definition) is 0. The van der Waals surface area contributed by atoms with Crippen molar-refractivity contribution >= 4 is 15.7 Å². The lowest BCUT2D eigenvalue weighted by molar-refractivity contribution is 0.491. The molecule has 2 aliphatic rings. The van der Waals surface area contributed by atoms with Crippen LogP contribution in [-0.4, -0.2) is 15.7 Å². The molecule has 2 rings (SSSR count). The zero-order valence-corrected chi connectivity index (χ0v) is 5.64. The third kappa shape index (κ3) is 0.684. The largest absolute Gasteiger partial charge is 0.0793 e. The Balaban J connectivity index is 2.22. The fourth-order valence-electron chi connectivity index (χ4n) is 2.35. The van der Waals surface area contributed by atoms with Crippen molar-refractivity contribution in [3.05, 3.63) is 0 Å². The molecule has 0 aromatic heterocycles. The Bertz CT molecular complexity index is 135. The lowest BCUT2D eigenvalue weighted by Crippen LogP contribution is -2.13. The normalized spacial score (nSPS) is 56.4. The van der Waals surface area contributed by atoms with E-state index in [4.69, 9.17) is 15.7 Å². The van der Waals surface area contributed by atoms with Crippen molar-refractivity contribution in [2.24, 2.45) is 5.92 Å². The van der Waals surface area contributed by atoms with E-state index in [1.54, 1.807) is 0 Å². The quantitative estimate of drug-likeness (QED) is 0.420. The molecular weight excluding hydrogens is 106 g/mol. The van der Waals surface area contributed by atoms with Crippen LogP contribution in [0.3, 0.4) is 0 Å². The lowest BCUT2D eigenvalue weighted by Gasteiger charge is -2.28. The minimum atomic E-state index is 0.0463. The number of fused-ring (bicyclic) bond motifs is 2. The van der Waals surface area contributed by atoms with Crippen LogP contribution < -0.4 is 0 Å². The fraction of sp³-hybridized carbons (Fsp3) is 1.00. The van der Waals surface area contributed by atoms with Crippen LogP contribution in [0.15, 0.2) is 0 Å². The lowest BCUT2D eigenvalue weighted by atomic mass is 9.54. The SMILES string of the molecule is [B]C1CC2CCC1([B])C2. The van der Waals surface area contributed by atoms with Crippen LogP contribution in [0.25, 0.3) is 0 Å². The Labute approximate surface area is 59.2 Å². The molecule has 0 nitrogen and oxygen atoms in total.